The minimum absolute atomic E-state index is 0.00723. The first-order valence-electron chi connectivity index (χ1n) is 23.3. The molecule has 316 valence electrons. The molecule has 0 aliphatic heterocycles. The summed E-state index contributed by atoms with van der Waals surface area (Å²) in [4.78, 5) is 2.44. The molecular formula is C63H59N. The Balaban J connectivity index is 1.07. The number of fused-ring (bicyclic) bond motifs is 7. The van der Waals surface area contributed by atoms with E-state index in [-0.39, 0.29) is 27.1 Å². The summed E-state index contributed by atoms with van der Waals surface area (Å²) < 4.78 is 0. The maximum Gasteiger partial charge on any atom is 0.0465 e. The van der Waals surface area contributed by atoms with Crippen molar-refractivity contribution >= 4 is 17.1 Å². The lowest BCUT2D eigenvalue weighted by Crippen LogP contribution is -2.42. The van der Waals surface area contributed by atoms with E-state index >= 15 is 0 Å². The Bertz CT molecular complexity index is 3150. The largest absolute Gasteiger partial charge is 0.310 e. The van der Waals surface area contributed by atoms with Gasteiger partial charge in [0.1, 0.15) is 0 Å². The fraction of sp³-hybridized carbons (Fsp3) is 0.238. The normalized spacial score (nSPS) is 17.2. The van der Waals surface area contributed by atoms with Gasteiger partial charge in [0.2, 0.25) is 0 Å². The minimum atomic E-state index is -0.114. The molecule has 0 heterocycles. The third-order valence-electron chi connectivity index (χ3n) is 17.0. The maximum absolute atomic E-state index is 2.53. The van der Waals surface area contributed by atoms with Crippen molar-refractivity contribution in [2.24, 2.45) is 5.41 Å². The van der Waals surface area contributed by atoms with Crippen LogP contribution in [-0.4, -0.2) is 0 Å². The smallest absolute Gasteiger partial charge is 0.0465 e. The number of hydrogen-bond donors (Lipinski definition) is 0. The topological polar surface area (TPSA) is 3.24 Å². The van der Waals surface area contributed by atoms with Crippen LogP contribution in [0.25, 0.3) is 55.6 Å². The number of rotatable bonds is 6. The molecule has 0 radical (unpaired) electrons. The average molecular weight is 830 g/mol. The Morgan fingerprint density at radius 3 is 1.34 bits per heavy atom. The Morgan fingerprint density at radius 1 is 0.266 bits per heavy atom. The quantitative estimate of drug-likeness (QED) is 0.161. The average Bonchev–Trinajstić information content (AvgIpc) is 3.71. The number of nitrogens with zero attached hydrogens (tertiary/aromatic N) is 1. The van der Waals surface area contributed by atoms with Gasteiger partial charge in [-0.25, -0.2) is 0 Å². The first-order chi connectivity index (χ1) is 30.5. The highest BCUT2D eigenvalue weighted by Gasteiger charge is 2.56. The summed E-state index contributed by atoms with van der Waals surface area (Å²) in [7, 11) is 0. The van der Waals surface area contributed by atoms with Gasteiger partial charge in [-0.1, -0.05) is 197 Å². The minimum Gasteiger partial charge on any atom is -0.310 e. The van der Waals surface area contributed by atoms with Crippen LogP contribution in [0.5, 0.6) is 0 Å². The monoisotopic (exact) mass is 829 g/mol. The highest BCUT2D eigenvalue weighted by molar-refractivity contribution is 5.94. The van der Waals surface area contributed by atoms with E-state index in [2.05, 4.69) is 250 Å². The second-order valence-electron chi connectivity index (χ2n) is 21.4. The molecule has 0 spiro atoms. The summed E-state index contributed by atoms with van der Waals surface area (Å²) in [5.74, 6) is 0. The molecule has 0 bridgehead atoms. The van der Waals surface area contributed by atoms with Crippen molar-refractivity contribution in [3.8, 4) is 55.6 Å². The molecule has 0 unspecified atom stereocenters. The van der Waals surface area contributed by atoms with Crippen molar-refractivity contribution < 1.29 is 0 Å². The summed E-state index contributed by atoms with van der Waals surface area (Å²) in [5.41, 5.74) is 24.7. The van der Waals surface area contributed by atoms with Crippen LogP contribution < -0.4 is 4.90 Å². The van der Waals surface area contributed by atoms with Crippen LogP contribution in [0.1, 0.15) is 103 Å². The van der Waals surface area contributed by atoms with Crippen LogP contribution in [0.15, 0.2) is 176 Å². The highest BCUT2D eigenvalue weighted by Crippen LogP contribution is 2.62. The van der Waals surface area contributed by atoms with Gasteiger partial charge < -0.3 is 4.90 Å². The van der Waals surface area contributed by atoms with Crippen LogP contribution >= 0.6 is 0 Å². The van der Waals surface area contributed by atoms with Crippen LogP contribution in [-0.2, 0) is 21.7 Å². The van der Waals surface area contributed by atoms with E-state index in [4.69, 9.17) is 0 Å². The van der Waals surface area contributed by atoms with Crippen LogP contribution in [0.2, 0.25) is 0 Å². The summed E-state index contributed by atoms with van der Waals surface area (Å²) in [5, 5.41) is 0. The van der Waals surface area contributed by atoms with Gasteiger partial charge in [0.25, 0.3) is 0 Å². The van der Waals surface area contributed by atoms with E-state index in [0.29, 0.717) is 0 Å². The number of benzene rings is 8. The van der Waals surface area contributed by atoms with Gasteiger partial charge in [-0.15, -0.1) is 0 Å². The molecule has 0 atom stereocenters. The van der Waals surface area contributed by atoms with Gasteiger partial charge in [0, 0.05) is 27.9 Å². The molecule has 3 aliphatic carbocycles. The molecule has 11 rings (SSSR count). The third kappa shape index (κ3) is 5.62. The van der Waals surface area contributed by atoms with Gasteiger partial charge >= 0.3 is 0 Å². The molecule has 8 aromatic rings. The van der Waals surface area contributed by atoms with Crippen LogP contribution in [0, 0.1) is 5.41 Å². The Kier molecular flexibility index (Phi) is 8.69. The zero-order valence-corrected chi connectivity index (χ0v) is 39.2. The van der Waals surface area contributed by atoms with Crippen molar-refractivity contribution in [3.63, 3.8) is 0 Å². The van der Waals surface area contributed by atoms with Crippen molar-refractivity contribution in [1.82, 2.24) is 0 Å². The summed E-state index contributed by atoms with van der Waals surface area (Å²) in [6.07, 6.45) is 0. The van der Waals surface area contributed by atoms with E-state index in [1.807, 2.05) is 0 Å². The van der Waals surface area contributed by atoms with Crippen LogP contribution in [0.3, 0.4) is 0 Å². The maximum atomic E-state index is 2.53. The summed E-state index contributed by atoms with van der Waals surface area (Å²) in [6.45, 7) is 24.2. The van der Waals surface area contributed by atoms with Crippen molar-refractivity contribution in [2.75, 3.05) is 4.90 Å². The van der Waals surface area contributed by atoms with Gasteiger partial charge in [-0.2, -0.15) is 0 Å². The Hall–Kier alpha value is -6.44. The van der Waals surface area contributed by atoms with Crippen molar-refractivity contribution in [3.05, 3.63) is 209 Å². The first-order valence-corrected chi connectivity index (χ1v) is 23.3. The zero-order valence-electron chi connectivity index (χ0n) is 39.2. The predicted molar refractivity (Wildman–Crippen MR) is 272 cm³/mol. The Morgan fingerprint density at radius 2 is 0.719 bits per heavy atom. The number of hydrogen-bond acceptors (Lipinski definition) is 1. The molecular weight excluding hydrogens is 771 g/mol. The lowest BCUT2D eigenvalue weighted by atomic mass is 9.59. The Labute approximate surface area is 381 Å². The van der Waals surface area contributed by atoms with Gasteiger partial charge in [-0.05, 0) is 154 Å². The second-order valence-corrected chi connectivity index (χ2v) is 21.4. The molecule has 0 N–H and O–H groups in total. The molecule has 0 saturated carbocycles. The molecule has 0 amide bonds. The number of anilines is 3. The van der Waals surface area contributed by atoms with E-state index < -0.39 is 0 Å². The SMILES string of the molecule is CC1(C)c2ccccc2-c2ccc(N(c3ccc(-c4ccccc4)cc3)c3ccc(-c4cc5c(cc4-c4ccc6c(c4)C(C)(C)C(C)(C)C6(C)C)-c4ccccc4C5(C)C)cc3)cc21. The van der Waals surface area contributed by atoms with E-state index in [1.54, 1.807) is 0 Å². The first kappa shape index (κ1) is 40.3. The van der Waals surface area contributed by atoms with E-state index in [0.717, 1.165) is 17.1 Å². The van der Waals surface area contributed by atoms with E-state index in [1.165, 1.54) is 89.0 Å². The molecule has 0 fully saturated rings. The van der Waals surface area contributed by atoms with Gasteiger partial charge in [-0.3, -0.25) is 0 Å². The zero-order chi connectivity index (χ0) is 44.6. The molecule has 64 heavy (non-hydrogen) atoms. The molecule has 1 nitrogen and oxygen atoms in total. The molecule has 8 aromatic carbocycles. The second kappa shape index (κ2) is 13.8. The fourth-order valence-corrected chi connectivity index (χ4v) is 12.0. The third-order valence-corrected chi connectivity index (χ3v) is 17.0. The summed E-state index contributed by atoms with van der Waals surface area (Å²) >= 11 is 0. The van der Waals surface area contributed by atoms with Gasteiger partial charge in [0.15, 0.2) is 0 Å². The summed E-state index contributed by atoms with van der Waals surface area (Å²) in [6, 6.07) is 66.6. The van der Waals surface area contributed by atoms with E-state index in [9.17, 15) is 0 Å². The molecule has 3 aliphatic rings. The van der Waals surface area contributed by atoms with Gasteiger partial charge in [0.05, 0.1) is 0 Å². The fourth-order valence-electron chi connectivity index (χ4n) is 12.0. The predicted octanol–water partition coefficient (Wildman–Crippen LogP) is 17.4. The lowest BCUT2D eigenvalue weighted by molar-refractivity contribution is 0.125. The molecule has 0 saturated heterocycles. The van der Waals surface area contributed by atoms with Crippen LogP contribution in [0.4, 0.5) is 17.1 Å². The van der Waals surface area contributed by atoms with Crippen molar-refractivity contribution in [2.45, 2.75) is 90.9 Å². The highest BCUT2D eigenvalue weighted by atomic mass is 15.1. The molecule has 1 heteroatoms. The van der Waals surface area contributed by atoms with Crippen molar-refractivity contribution in [1.29, 1.82) is 0 Å². The lowest BCUT2D eigenvalue weighted by Gasteiger charge is -2.44. The standard InChI is InChI=1S/C63H59N/c1-59(2)53-22-16-14-20-47(53)49-34-33-46(37-56(49)59)64(44-29-24-41(25-30-44)40-18-12-11-13-19-40)45-31-26-42(27-32-45)51-39-57-52(48-21-15-17-23-54(48)60(57,3)4)38-50(51)43-28-35-55-58(36-43)62(7,8)63(9,10)61(55,5)6/h11-39H,1-10H3. The molecule has 0 aromatic heterocycles.